The zero-order valence-corrected chi connectivity index (χ0v) is 6.76. The van der Waals surface area contributed by atoms with Crippen molar-refractivity contribution < 1.29 is 9.53 Å². The minimum atomic E-state index is -0.654. The number of rotatable bonds is 3. The predicted octanol–water partition coefficient (Wildman–Crippen LogP) is 1.76. The first-order chi connectivity index (χ1) is 5.11. The fraction of sp³-hybridized carbons (Fsp3) is 0.500. The molecule has 0 radical (unpaired) electrons. The lowest BCUT2D eigenvalue weighted by molar-refractivity contribution is -0.142. The van der Waals surface area contributed by atoms with Crippen molar-refractivity contribution in [3.8, 4) is 0 Å². The zero-order chi connectivity index (χ0) is 8.85. The first kappa shape index (κ1) is 9.70. The standard InChI is InChI=1S/C8H11NO2/c1-5-7(9-4)11-8(10)6(2)3/h7H,2,5H2,1,3H3. The quantitative estimate of drug-likeness (QED) is 0.351. The fourth-order valence-corrected chi connectivity index (χ4v) is 0.425. The maximum atomic E-state index is 10.8. The van der Waals surface area contributed by atoms with E-state index in [0.29, 0.717) is 12.0 Å². The molecule has 0 aromatic carbocycles. The zero-order valence-electron chi connectivity index (χ0n) is 6.76. The van der Waals surface area contributed by atoms with Crippen molar-refractivity contribution in [2.75, 3.05) is 0 Å². The maximum absolute atomic E-state index is 10.8. The van der Waals surface area contributed by atoms with E-state index in [4.69, 9.17) is 11.3 Å². The van der Waals surface area contributed by atoms with Crippen molar-refractivity contribution in [2.24, 2.45) is 0 Å². The Morgan fingerprint density at radius 1 is 1.82 bits per heavy atom. The third kappa shape index (κ3) is 3.41. The SMILES string of the molecule is [C-]#[N+]C(CC)OC(=O)C(=C)C. The van der Waals surface area contributed by atoms with Crippen molar-refractivity contribution in [1.29, 1.82) is 0 Å². The van der Waals surface area contributed by atoms with Gasteiger partial charge in [0.25, 0.3) is 0 Å². The van der Waals surface area contributed by atoms with Crippen molar-refractivity contribution in [3.63, 3.8) is 0 Å². The summed E-state index contributed by atoms with van der Waals surface area (Å²) in [6.07, 6.45) is -0.137. The molecule has 0 aromatic heterocycles. The molecule has 0 amide bonds. The van der Waals surface area contributed by atoms with Gasteiger partial charge in [0.2, 0.25) is 0 Å². The van der Waals surface area contributed by atoms with Gasteiger partial charge in [-0.25, -0.2) is 11.4 Å². The highest BCUT2D eigenvalue weighted by molar-refractivity contribution is 5.87. The molecular formula is C8H11NO2. The van der Waals surface area contributed by atoms with Crippen molar-refractivity contribution in [3.05, 3.63) is 23.6 Å². The Kier molecular flexibility index (Phi) is 3.97. The van der Waals surface area contributed by atoms with Gasteiger partial charge < -0.3 is 4.74 Å². The molecule has 0 bridgehead atoms. The molecule has 0 saturated heterocycles. The Labute approximate surface area is 66.5 Å². The van der Waals surface area contributed by atoms with Crippen molar-refractivity contribution in [2.45, 2.75) is 26.5 Å². The molecule has 0 aliphatic rings. The number of esters is 1. The summed E-state index contributed by atoms with van der Waals surface area (Å²) < 4.78 is 4.72. The van der Waals surface area contributed by atoms with Crippen molar-refractivity contribution >= 4 is 5.97 Å². The Hall–Kier alpha value is -1.30. The first-order valence-corrected chi connectivity index (χ1v) is 3.34. The monoisotopic (exact) mass is 153 g/mol. The summed E-state index contributed by atoms with van der Waals surface area (Å²) in [6, 6.07) is 0. The van der Waals surface area contributed by atoms with Gasteiger partial charge >= 0.3 is 12.2 Å². The predicted molar refractivity (Wildman–Crippen MR) is 41.6 cm³/mol. The number of nitrogens with zero attached hydrogens (tertiary/aromatic N) is 1. The van der Waals surface area contributed by atoms with Crippen LogP contribution in [-0.2, 0) is 9.53 Å². The second-order valence-electron chi connectivity index (χ2n) is 2.18. The molecule has 0 N–H and O–H groups in total. The minimum absolute atomic E-state index is 0.326. The summed E-state index contributed by atoms with van der Waals surface area (Å²) in [5.74, 6) is -0.493. The average Bonchev–Trinajstić information content (AvgIpc) is 1.99. The Balaban J connectivity index is 3.94. The molecule has 1 unspecified atom stereocenters. The second kappa shape index (κ2) is 4.51. The molecule has 0 aromatic rings. The van der Waals surface area contributed by atoms with Crippen LogP contribution in [0.3, 0.4) is 0 Å². The van der Waals surface area contributed by atoms with Gasteiger partial charge in [-0.15, -0.1) is 0 Å². The van der Waals surface area contributed by atoms with E-state index in [9.17, 15) is 4.79 Å². The molecule has 3 heteroatoms. The minimum Gasteiger partial charge on any atom is -0.388 e. The van der Waals surface area contributed by atoms with Gasteiger partial charge in [0.05, 0.1) is 6.42 Å². The number of carbonyl (C=O) groups is 1. The van der Waals surface area contributed by atoms with Gasteiger partial charge in [0, 0.05) is 5.57 Å². The van der Waals surface area contributed by atoms with E-state index >= 15 is 0 Å². The lowest BCUT2D eigenvalue weighted by Crippen LogP contribution is -2.13. The van der Waals surface area contributed by atoms with E-state index in [0.717, 1.165) is 0 Å². The molecule has 0 saturated carbocycles. The molecule has 0 aliphatic carbocycles. The highest BCUT2D eigenvalue weighted by Gasteiger charge is 2.14. The number of carbonyl (C=O) groups excluding carboxylic acids is 1. The Morgan fingerprint density at radius 3 is 2.64 bits per heavy atom. The van der Waals surface area contributed by atoms with Crippen LogP contribution >= 0.6 is 0 Å². The van der Waals surface area contributed by atoms with Gasteiger partial charge in [0.15, 0.2) is 0 Å². The normalized spacial score (nSPS) is 11.4. The first-order valence-electron chi connectivity index (χ1n) is 3.34. The van der Waals surface area contributed by atoms with E-state index in [1.54, 1.807) is 13.8 Å². The third-order valence-electron chi connectivity index (χ3n) is 1.08. The van der Waals surface area contributed by atoms with Crippen LogP contribution < -0.4 is 0 Å². The van der Waals surface area contributed by atoms with Crippen LogP contribution in [0.25, 0.3) is 4.85 Å². The summed E-state index contributed by atoms with van der Waals surface area (Å²) in [5, 5.41) is 0. The summed E-state index contributed by atoms with van der Waals surface area (Å²) in [5.41, 5.74) is 0.326. The Bertz CT molecular complexity index is 203. The fourth-order valence-electron chi connectivity index (χ4n) is 0.425. The van der Waals surface area contributed by atoms with Crippen LogP contribution in [0.2, 0.25) is 0 Å². The van der Waals surface area contributed by atoms with Gasteiger partial charge in [0.1, 0.15) is 0 Å². The highest BCUT2D eigenvalue weighted by atomic mass is 16.6. The van der Waals surface area contributed by atoms with Crippen molar-refractivity contribution in [1.82, 2.24) is 0 Å². The lowest BCUT2D eigenvalue weighted by Gasteiger charge is -2.03. The molecule has 0 spiro atoms. The van der Waals surface area contributed by atoms with Gasteiger partial charge in [-0.1, -0.05) is 13.5 Å². The summed E-state index contributed by atoms with van der Waals surface area (Å²) in [4.78, 5) is 13.9. The van der Waals surface area contributed by atoms with E-state index in [2.05, 4.69) is 11.4 Å². The molecule has 0 heterocycles. The average molecular weight is 153 g/mol. The van der Waals surface area contributed by atoms with E-state index in [1.807, 2.05) is 0 Å². The molecule has 0 aliphatic heterocycles. The van der Waals surface area contributed by atoms with Crippen LogP contribution in [0.1, 0.15) is 20.3 Å². The molecule has 3 nitrogen and oxygen atoms in total. The van der Waals surface area contributed by atoms with Crippen LogP contribution in [0.4, 0.5) is 0 Å². The van der Waals surface area contributed by atoms with Gasteiger partial charge in [-0.05, 0) is 6.92 Å². The maximum Gasteiger partial charge on any atom is 0.368 e. The smallest absolute Gasteiger partial charge is 0.368 e. The molecule has 1 atom stereocenters. The summed E-state index contributed by atoms with van der Waals surface area (Å²) in [7, 11) is 0. The van der Waals surface area contributed by atoms with Crippen LogP contribution in [0.5, 0.6) is 0 Å². The molecule has 0 rings (SSSR count). The molecule has 11 heavy (non-hydrogen) atoms. The van der Waals surface area contributed by atoms with Crippen LogP contribution in [-0.4, -0.2) is 12.2 Å². The lowest BCUT2D eigenvalue weighted by atomic mass is 10.3. The molecule has 60 valence electrons. The second-order valence-corrected chi connectivity index (χ2v) is 2.18. The largest absolute Gasteiger partial charge is 0.388 e. The van der Waals surface area contributed by atoms with E-state index < -0.39 is 12.2 Å². The van der Waals surface area contributed by atoms with E-state index in [-0.39, 0.29) is 0 Å². The molecule has 0 fully saturated rings. The number of hydrogen-bond acceptors (Lipinski definition) is 2. The van der Waals surface area contributed by atoms with Gasteiger partial charge in [-0.3, -0.25) is 4.85 Å². The number of ether oxygens (including phenoxy) is 1. The van der Waals surface area contributed by atoms with E-state index in [1.165, 1.54) is 0 Å². The summed E-state index contributed by atoms with van der Waals surface area (Å²) >= 11 is 0. The van der Waals surface area contributed by atoms with Crippen LogP contribution in [0, 0.1) is 6.57 Å². The van der Waals surface area contributed by atoms with Crippen LogP contribution in [0.15, 0.2) is 12.2 Å². The third-order valence-corrected chi connectivity index (χ3v) is 1.08. The topological polar surface area (TPSA) is 30.7 Å². The highest BCUT2D eigenvalue weighted by Crippen LogP contribution is 2.02. The Morgan fingerprint density at radius 2 is 2.36 bits per heavy atom. The van der Waals surface area contributed by atoms with Gasteiger partial charge in [-0.2, -0.15) is 0 Å². The number of hydrogen-bond donors (Lipinski definition) is 0. The summed E-state index contributed by atoms with van der Waals surface area (Å²) in [6.45, 7) is 13.4. The molecular weight excluding hydrogens is 142 g/mol.